The molecule has 0 unspecified atom stereocenters. The van der Waals surface area contributed by atoms with Gasteiger partial charge in [-0.15, -0.1) is 0 Å². The van der Waals surface area contributed by atoms with Gasteiger partial charge in [0.25, 0.3) is 5.91 Å². The fourth-order valence-corrected chi connectivity index (χ4v) is 2.30. The Labute approximate surface area is 146 Å². The molecule has 0 fully saturated rings. The number of aryl methyl sites for hydroxylation is 1. The van der Waals surface area contributed by atoms with Crippen molar-refractivity contribution in [3.05, 3.63) is 72.3 Å². The number of nitrogens with zero attached hydrogens (tertiary/aromatic N) is 4. The predicted octanol–water partition coefficient (Wildman–Crippen LogP) is 3.64. The largest absolute Gasteiger partial charge is 0.421 e. The maximum Gasteiger partial charge on any atom is 0.259 e. The van der Waals surface area contributed by atoms with Crippen molar-refractivity contribution in [2.45, 2.75) is 13.8 Å². The van der Waals surface area contributed by atoms with E-state index in [1.54, 1.807) is 47.8 Å². The first-order valence-electron chi connectivity index (χ1n) is 7.96. The average Bonchev–Trinajstić information content (AvgIpc) is 2.66. The summed E-state index contributed by atoms with van der Waals surface area (Å²) in [5, 5.41) is 0. The van der Waals surface area contributed by atoms with E-state index in [-0.39, 0.29) is 5.91 Å². The van der Waals surface area contributed by atoms with Gasteiger partial charge in [-0.25, -0.2) is 9.97 Å². The summed E-state index contributed by atoms with van der Waals surface area (Å²) in [5.41, 5.74) is 2.28. The summed E-state index contributed by atoms with van der Waals surface area (Å²) in [6.07, 6.45) is 6.56. The van der Waals surface area contributed by atoms with E-state index in [1.807, 2.05) is 26.0 Å². The molecule has 3 rings (SSSR count). The van der Waals surface area contributed by atoms with Gasteiger partial charge in [0.1, 0.15) is 0 Å². The van der Waals surface area contributed by atoms with E-state index in [4.69, 9.17) is 4.74 Å². The number of aromatic nitrogens is 3. The Kier molecular flexibility index (Phi) is 4.99. The standard InChI is InChI=1S/C19H18N4O2/c1-3-23(16-5-4-10-20-13-16)19(24)15-7-9-18(22-12-15)25-17-8-6-14(2)11-21-17/h4-13H,3H2,1-2H3. The van der Waals surface area contributed by atoms with Gasteiger partial charge in [0.05, 0.1) is 17.4 Å². The molecule has 0 N–H and O–H groups in total. The molecule has 126 valence electrons. The van der Waals surface area contributed by atoms with Crippen LogP contribution in [0.4, 0.5) is 5.69 Å². The van der Waals surface area contributed by atoms with Crippen molar-refractivity contribution in [3.63, 3.8) is 0 Å². The molecule has 0 saturated heterocycles. The third kappa shape index (κ3) is 3.98. The lowest BCUT2D eigenvalue weighted by Gasteiger charge is -2.20. The topological polar surface area (TPSA) is 68.2 Å². The molecule has 0 atom stereocenters. The van der Waals surface area contributed by atoms with Gasteiger partial charge in [0.2, 0.25) is 11.8 Å². The summed E-state index contributed by atoms with van der Waals surface area (Å²) in [5.74, 6) is 0.711. The van der Waals surface area contributed by atoms with E-state index in [2.05, 4.69) is 15.0 Å². The Bertz CT molecular complexity index is 834. The number of amides is 1. The predicted molar refractivity (Wildman–Crippen MR) is 94.9 cm³/mol. The van der Waals surface area contributed by atoms with E-state index in [9.17, 15) is 4.79 Å². The highest BCUT2D eigenvalue weighted by atomic mass is 16.5. The van der Waals surface area contributed by atoms with E-state index >= 15 is 0 Å². The lowest BCUT2D eigenvalue weighted by molar-refractivity contribution is 0.0988. The zero-order valence-electron chi connectivity index (χ0n) is 14.1. The molecule has 0 radical (unpaired) electrons. The highest BCUT2D eigenvalue weighted by Gasteiger charge is 2.16. The zero-order chi connectivity index (χ0) is 17.6. The minimum absolute atomic E-state index is 0.136. The van der Waals surface area contributed by atoms with Crippen LogP contribution in [0.2, 0.25) is 0 Å². The van der Waals surface area contributed by atoms with E-state index in [0.717, 1.165) is 11.3 Å². The van der Waals surface area contributed by atoms with Gasteiger partial charge in [0, 0.05) is 37.3 Å². The van der Waals surface area contributed by atoms with Crippen molar-refractivity contribution in [2.75, 3.05) is 11.4 Å². The van der Waals surface area contributed by atoms with Gasteiger partial charge in [-0.2, -0.15) is 0 Å². The molecule has 0 aliphatic heterocycles. The third-order valence-corrected chi connectivity index (χ3v) is 3.60. The summed E-state index contributed by atoms with van der Waals surface area (Å²) in [4.78, 5) is 26.8. The van der Waals surface area contributed by atoms with E-state index in [1.165, 1.54) is 6.20 Å². The van der Waals surface area contributed by atoms with Crippen LogP contribution in [0.25, 0.3) is 0 Å². The number of hydrogen-bond acceptors (Lipinski definition) is 5. The highest BCUT2D eigenvalue weighted by Crippen LogP contribution is 2.19. The molecule has 0 aliphatic carbocycles. The molecule has 3 aromatic rings. The van der Waals surface area contributed by atoms with Crippen molar-refractivity contribution in [1.29, 1.82) is 0 Å². The summed E-state index contributed by atoms with van der Waals surface area (Å²) in [6, 6.07) is 10.7. The number of rotatable bonds is 5. The quantitative estimate of drug-likeness (QED) is 0.712. The maximum atomic E-state index is 12.7. The van der Waals surface area contributed by atoms with Gasteiger partial charge in [-0.3, -0.25) is 9.78 Å². The number of carbonyl (C=O) groups is 1. The van der Waals surface area contributed by atoms with Crippen LogP contribution >= 0.6 is 0 Å². The minimum Gasteiger partial charge on any atom is -0.421 e. The smallest absolute Gasteiger partial charge is 0.259 e. The molecule has 3 aromatic heterocycles. The minimum atomic E-state index is -0.136. The molecule has 3 heterocycles. The first kappa shape index (κ1) is 16.6. The van der Waals surface area contributed by atoms with Crippen molar-refractivity contribution < 1.29 is 9.53 Å². The zero-order valence-corrected chi connectivity index (χ0v) is 14.1. The first-order valence-corrected chi connectivity index (χ1v) is 7.96. The third-order valence-electron chi connectivity index (χ3n) is 3.60. The van der Waals surface area contributed by atoms with Gasteiger partial charge in [-0.05, 0) is 37.6 Å². The second-order valence-electron chi connectivity index (χ2n) is 5.42. The Balaban J connectivity index is 1.74. The second-order valence-corrected chi connectivity index (χ2v) is 5.42. The summed E-state index contributed by atoms with van der Waals surface area (Å²) in [6.45, 7) is 4.41. The molecule has 0 bridgehead atoms. The number of anilines is 1. The van der Waals surface area contributed by atoms with Crippen LogP contribution in [0.5, 0.6) is 11.8 Å². The van der Waals surface area contributed by atoms with Crippen LogP contribution in [0.15, 0.2) is 61.2 Å². The van der Waals surface area contributed by atoms with Crippen LogP contribution in [-0.2, 0) is 0 Å². The van der Waals surface area contributed by atoms with Gasteiger partial charge >= 0.3 is 0 Å². The van der Waals surface area contributed by atoms with Crippen LogP contribution < -0.4 is 9.64 Å². The molecule has 0 aromatic carbocycles. The summed E-state index contributed by atoms with van der Waals surface area (Å²) in [7, 11) is 0. The monoisotopic (exact) mass is 334 g/mol. The molecule has 6 heteroatoms. The average molecular weight is 334 g/mol. The van der Waals surface area contributed by atoms with Crippen LogP contribution in [0.1, 0.15) is 22.8 Å². The van der Waals surface area contributed by atoms with Gasteiger partial charge < -0.3 is 9.64 Å². The van der Waals surface area contributed by atoms with Gasteiger partial charge in [-0.1, -0.05) is 6.07 Å². The molecule has 0 aliphatic rings. The lowest BCUT2D eigenvalue weighted by Crippen LogP contribution is -2.30. The highest BCUT2D eigenvalue weighted by molar-refractivity contribution is 6.05. The lowest BCUT2D eigenvalue weighted by atomic mass is 10.2. The summed E-state index contributed by atoms with van der Waals surface area (Å²) >= 11 is 0. The molecule has 25 heavy (non-hydrogen) atoms. The molecular formula is C19H18N4O2. The van der Waals surface area contributed by atoms with Crippen molar-refractivity contribution in [3.8, 4) is 11.8 Å². The number of hydrogen-bond donors (Lipinski definition) is 0. The Hall–Kier alpha value is -3.28. The SMILES string of the molecule is CCN(C(=O)c1ccc(Oc2ccc(C)cn2)nc1)c1cccnc1. The second kappa shape index (κ2) is 7.53. The fraction of sp³-hybridized carbons (Fsp3) is 0.158. The number of ether oxygens (including phenoxy) is 1. The molecule has 0 spiro atoms. The Morgan fingerprint density at radius 1 is 1.04 bits per heavy atom. The number of carbonyl (C=O) groups excluding carboxylic acids is 1. The van der Waals surface area contributed by atoms with Crippen molar-refractivity contribution in [2.24, 2.45) is 0 Å². The summed E-state index contributed by atoms with van der Waals surface area (Å²) < 4.78 is 5.58. The molecule has 6 nitrogen and oxygen atoms in total. The van der Waals surface area contributed by atoms with E-state index in [0.29, 0.717) is 23.9 Å². The normalized spacial score (nSPS) is 10.3. The van der Waals surface area contributed by atoms with Gasteiger partial charge in [0.15, 0.2) is 0 Å². The molecule has 0 saturated carbocycles. The van der Waals surface area contributed by atoms with Crippen LogP contribution in [-0.4, -0.2) is 27.4 Å². The first-order chi connectivity index (χ1) is 12.2. The number of pyridine rings is 3. The van der Waals surface area contributed by atoms with Crippen molar-refractivity contribution in [1.82, 2.24) is 15.0 Å². The molecular weight excluding hydrogens is 316 g/mol. The fourth-order valence-electron chi connectivity index (χ4n) is 2.30. The Morgan fingerprint density at radius 3 is 2.36 bits per heavy atom. The van der Waals surface area contributed by atoms with Crippen LogP contribution in [0.3, 0.4) is 0 Å². The van der Waals surface area contributed by atoms with E-state index < -0.39 is 0 Å². The van der Waals surface area contributed by atoms with Crippen molar-refractivity contribution >= 4 is 11.6 Å². The molecule has 1 amide bonds. The van der Waals surface area contributed by atoms with Crippen LogP contribution in [0, 0.1) is 6.92 Å². The Morgan fingerprint density at radius 2 is 1.80 bits per heavy atom. The maximum absolute atomic E-state index is 12.7.